The summed E-state index contributed by atoms with van der Waals surface area (Å²) in [6.07, 6.45) is 1.61. The fourth-order valence-electron chi connectivity index (χ4n) is 4.35. The molecule has 0 fully saturated rings. The van der Waals surface area contributed by atoms with Crippen LogP contribution in [0.15, 0.2) is 144 Å². The Labute approximate surface area is 260 Å². The van der Waals surface area contributed by atoms with Gasteiger partial charge in [-0.25, -0.2) is 0 Å². The molecule has 2 amide bonds. The molecule has 0 aliphatic heterocycles. The van der Waals surface area contributed by atoms with E-state index >= 15 is 0 Å². The Morgan fingerprint density at radius 1 is 0.682 bits per heavy atom. The van der Waals surface area contributed by atoms with Crippen molar-refractivity contribution in [3.05, 3.63) is 156 Å². The number of ether oxygens (including phenoxy) is 1. The summed E-state index contributed by atoms with van der Waals surface area (Å²) in [6.45, 7) is 0. The van der Waals surface area contributed by atoms with E-state index in [0.717, 1.165) is 21.6 Å². The summed E-state index contributed by atoms with van der Waals surface area (Å²) in [5, 5.41) is 5.60. The topological polar surface area (TPSA) is 84.5 Å². The zero-order valence-electron chi connectivity index (χ0n) is 24.0. The summed E-state index contributed by atoms with van der Waals surface area (Å²) in [7, 11) is 1.58. The third-order valence-electron chi connectivity index (χ3n) is 6.75. The second-order valence-corrected chi connectivity index (χ2v) is 10.8. The molecule has 5 rings (SSSR count). The lowest BCUT2D eigenvalue weighted by atomic mass is 10.0. The Morgan fingerprint density at radius 2 is 1.30 bits per heavy atom. The van der Waals surface area contributed by atoms with Gasteiger partial charge in [0.1, 0.15) is 11.4 Å². The number of benzene rings is 5. The van der Waals surface area contributed by atoms with E-state index in [0.29, 0.717) is 22.6 Å². The predicted molar refractivity (Wildman–Crippen MR) is 177 cm³/mol. The number of carbonyl (C=O) groups excluding carboxylic acids is 3. The number of ketones is 1. The Morgan fingerprint density at radius 3 is 1.93 bits per heavy atom. The number of nitrogens with one attached hydrogen (secondary N) is 2. The van der Waals surface area contributed by atoms with E-state index in [2.05, 4.69) is 10.6 Å². The van der Waals surface area contributed by atoms with Gasteiger partial charge in [0.25, 0.3) is 11.8 Å². The van der Waals surface area contributed by atoms with Crippen molar-refractivity contribution in [3.8, 4) is 16.9 Å². The highest BCUT2D eigenvalue weighted by Crippen LogP contribution is 2.24. The minimum Gasteiger partial charge on any atom is -0.497 e. The van der Waals surface area contributed by atoms with Gasteiger partial charge in [-0.15, -0.1) is 11.8 Å². The Kier molecular flexibility index (Phi) is 10.0. The number of hydrogen-bond donors (Lipinski definition) is 2. The number of methoxy groups -OCH3 is 1. The van der Waals surface area contributed by atoms with Crippen molar-refractivity contribution >= 4 is 41.1 Å². The van der Waals surface area contributed by atoms with E-state index in [1.807, 2.05) is 72.8 Å². The van der Waals surface area contributed by atoms with E-state index in [-0.39, 0.29) is 17.2 Å². The van der Waals surface area contributed by atoms with Crippen molar-refractivity contribution in [1.29, 1.82) is 0 Å². The lowest BCUT2D eigenvalue weighted by Crippen LogP contribution is -2.30. The van der Waals surface area contributed by atoms with E-state index in [9.17, 15) is 14.4 Å². The Balaban J connectivity index is 1.22. The van der Waals surface area contributed by atoms with Crippen molar-refractivity contribution in [2.24, 2.45) is 0 Å². The average molecular weight is 599 g/mol. The molecular formula is C37H30N2O4S. The van der Waals surface area contributed by atoms with Crippen LogP contribution in [0.2, 0.25) is 0 Å². The van der Waals surface area contributed by atoms with E-state index in [1.165, 1.54) is 11.8 Å². The summed E-state index contributed by atoms with van der Waals surface area (Å²) in [6, 6.07) is 40.8. The number of amides is 2. The van der Waals surface area contributed by atoms with Crippen LogP contribution in [0, 0.1) is 0 Å². The number of rotatable bonds is 11. The van der Waals surface area contributed by atoms with Gasteiger partial charge in [0.2, 0.25) is 0 Å². The molecule has 0 aromatic heterocycles. The summed E-state index contributed by atoms with van der Waals surface area (Å²) in [5.74, 6) is 0.138. The summed E-state index contributed by atoms with van der Waals surface area (Å²) in [5.41, 5.74) is 4.63. The van der Waals surface area contributed by atoms with Gasteiger partial charge in [-0.05, 0) is 71.3 Å². The summed E-state index contributed by atoms with van der Waals surface area (Å²) >= 11 is 1.43. The van der Waals surface area contributed by atoms with E-state index in [4.69, 9.17) is 4.74 Å². The van der Waals surface area contributed by atoms with Gasteiger partial charge in [0.05, 0.1) is 12.9 Å². The third kappa shape index (κ3) is 8.12. The van der Waals surface area contributed by atoms with Crippen molar-refractivity contribution in [1.82, 2.24) is 5.32 Å². The van der Waals surface area contributed by atoms with Gasteiger partial charge >= 0.3 is 0 Å². The first-order valence-corrected chi connectivity index (χ1v) is 14.9. The second kappa shape index (κ2) is 14.7. The van der Waals surface area contributed by atoms with Crippen LogP contribution in [0.3, 0.4) is 0 Å². The van der Waals surface area contributed by atoms with Crippen LogP contribution in [0.4, 0.5) is 5.69 Å². The van der Waals surface area contributed by atoms with Crippen molar-refractivity contribution in [2.45, 2.75) is 4.90 Å². The van der Waals surface area contributed by atoms with Gasteiger partial charge in [-0.1, -0.05) is 84.9 Å². The number of carbonyl (C=O) groups is 3. The van der Waals surface area contributed by atoms with Crippen LogP contribution < -0.4 is 15.4 Å². The molecule has 0 aliphatic carbocycles. The number of thioether (sulfide) groups is 1. The van der Waals surface area contributed by atoms with Crippen LogP contribution in [-0.4, -0.2) is 30.5 Å². The van der Waals surface area contributed by atoms with Crippen LogP contribution in [0.25, 0.3) is 17.2 Å². The molecule has 0 saturated carbocycles. The highest BCUT2D eigenvalue weighted by molar-refractivity contribution is 8.00. The maximum Gasteiger partial charge on any atom is 0.272 e. The highest BCUT2D eigenvalue weighted by atomic mass is 32.2. The molecule has 2 N–H and O–H groups in total. The monoisotopic (exact) mass is 598 g/mol. The van der Waals surface area contributed by atoms with E-state index < -0.39 is 11.8 Å². The lowest BCUT2D eigenvalue weighted by molar-refractivity contribution is -0.113. The van der Waals surface area contributed by atoms with Crippen LogP contribution in [0.1, 0.15) is 26.3 Å². The smallest absolute Gasteiger partial charge is 0.272 e. The van der Waals surface area contributed by atoms with Crippen molar-refractivity contribution in [2.75, 3.05) is 18.2 Å². The largest absolute Gasteiger partial charge is 0.497 e. The molecular weight excluding hydrogens is 568 g/mol. The van der Waals surface area contributed by atoms with Crippen molar-refractivity contribution in [3.63, 3.8) is 0 Å². The van der Waals surface area contributed by atoms with Crippen LogP contribution in [0.5, 0.6) is 5.75 Å². The minimum atomic E-state index is -0.473. The maximum atomic E-state index is 13.3. The first-order valence-electron chi connectivity index (χ1n) is 13.9. The fraction of sp³-hybridized carbons (Fsp3) is 0.0541. The lowest BCUT2D eigenvalue weighted by Gasteiger charge is -2.12. The van der Waals surface area contributed by atoms with Gasteiger partial charge in [-0.3, -0.25) is 14.4 Å². The van der Waals surface area contributed by atoms with Crippen molar-refractivity contribution < 1.29 is 19.1 Å². The molecule has 0 spiro atoms. The zero-order chi connectivity index (χ0) is 30.7. The number of anilines is 1. The van der Waals surface area contributed by atoms with Gasteiger partial charge < -0.3 is 15.4 Å². The molecule has 0 heterocycles. The quantitative estimate of drug-likeness (QED) is 0.0923. The highest BCUT2D eigenvalue weighted by Gasteiger charge is 2.15. The second-order valence-electron chi connectivity index (χ2n) is 9.79. The zero-order valence-corrected chi connectivity index (χ0v) is 24.8. The molecule has 44 heavy (non-hydrogen) atoms. The van der Waals surface area contributed by atoms with Gasteiger partial charge in [0, 0.05) is 21.7 Å². The van der Waals surface area contributed by atoms with Crippen LogP contribution >= 0.6 is 11.8 Å². The Hall–Kier alpha value is -5.40. The van der Waals surface area contributed by atoms with Gasteiger partial charge in [0.15, 0.2) is 5.78 Å². The maximum absolute atomic E-state index is 13.3. The molecule has 5 aromatic carbocycles. The molecule has 218 valence electrons. The molecule has 0 aliphatic rings. The average Bonchev–Trinajstić information content (AvgIpc) is 3.08. The molecule has 0 radical (unpaired) electrons. The molecule has 6 nitrogen and oxygen atoms in total. The summed E-state index contributed by atoms with van der Waals surface area (Å²) < 4.78 is 5.21. The predicted octanol–water partition coefficient (Wildman–Crippen LogP) is 7.75. The SMILES string of the molecule is COc1ccc(/C=C(\NC(=O)c2ccccc2)C(=O)Nc2ccc(SCC(=O)c3ccc(-c4ccccc4)cc3)cc2)cc1. The minimum absolute atomic E-state index is 0.0365. The summed E-state index contributed by atoms with van der Waals surface area (Å²) in [4.78, 5) is 39.9. The first kappa shape index (κ1) is 30.1. The first-order chi connectivity index (χ1) is 21.5. The molecule has 0 unspecified atom stereocenters. The molecule has 5 aromatic rings. The molecule has 0 bridgehead atoms. The Bertz CT molecular complexity index is 1750. The molecule has 0 saturated heterocycles. The fourth-order valence-corrected chi connectivity index (χ4v) is 5.15. The van der Waals surface area contributed by atoms with E-state index in [1.54, 1.807) is 73.8 Å². The molecule has 7 heteroatoms. The number of Topliss-reactive ketones (excluding diaryl/α,β-unsaturated/α-hetero) is 1. The third-order valence-corrected chi connectivity index (χ3v) is 7.76. The molecule has 0 atom stereocenters. The van der Waals surface area contributed by atoms with Gasteiger partial charge in [-0.2, -0.15) is 0 Å². The van der Waals surface area contributed by atoms with Crippen LogP contribution in [-0.2, 0) is 4.79 Å². The number of hydrogen-bond acceptors (Lipinski definition) is 5. The standard InChI is InChI=1S/C37H30N2O4S/c1-43-32-20-12-26(13-21-32)24-34(39-36(41)30-10-6-3-7-11-30)37(42)38-31-18-22-33(23-19-31)44-25-35(40)29-16-14-28(15-17-29)27-8-4-2-5-9-27/h2-24H,25H2,1H3,(H,38,42)(H,39,41)/b34-24-. The normalized spacial score (nSPS) is 11.0.